The summed E-state index contributed by atoms with van der Waals surface area (Å²) in [6, 6.07) is 5.52. The van der Waals surface area contributed by atoms with E-state index < -0.39 is 47.1 Å². The quantitative estimate of drug-likeness (QED) is 0.104. The van der Waals surface area contributed by atoms with Crippen molar-refractivity contribution in [2.45, 2.75) is 64.2 Å². The van der Waals surface area contributed by atoms with Gasteiger partial charge in [0, 0.05) is 37.8 Å². The lowest BCUT2D eigenvalue weighted by Crippen LogP contribution is -2.08. The molecule has 2 aromatic rings. The van der Waals surface area contributed by atoms with Crippen LogP contribution in [-0.2, 0) is 19.2 Å². The Balaban J connectivity index is 0.000000611. The molecule has 4 N–H and O–H groups in total. The molecule has 0 fully saturated rings. The van der Waals surface area contributed by atoms with E-state index >= 15 is 0 Å². The summed E-state index contributed by atoms with van der Waals surface area (Å²) in [6.45, 7) is 0. The van der Waals surface area contributed by atoms with Gasteiger partial charge in [0.25, 0.3) is 0 Å². The molecule has 0 bridgehead atoms. The van der Waals surface area contributed by atoms with Gasteiger partial charge in [0.05, 0.1) is 0 Å². The smallest absolute Gasteiger partial charge is 0.311 e. The third kappa shape index (κ3) is 19.6. The molecule has 0 aliphatic heterocycles. The molecule has 0 amide bonds. The van der Waals surface area contributed by atoms with Crippen molar-refractivity contribution in [3.63, 3.8) is 0 Å². The summed E-state index contributed by atoms with van der Waals surface area (Å²) in [6.07, 6.45) is 3.86. The van der Waals surface area contributed by atoms with E-state index in [2.05, 4.69) is 0 Å². The molecule has 0 atom stereocenters. The van der Waals surface area contributed by atoms with Gasteiger partial charge in [-0.25, -0.2) is 17.6 Å². The number of benzene rings is 2. The monoisotopic (exact) mass is 562 g/mol. The van der Waals surface area contributed by atoms with Crippen LogP contribution in [0.5, 0.6) is 11.5 Å². The Morgan fingerprint density at radius 2 is 0.974 bits per heavy atom. The second-order valence-corrected chi connectivity index (χ2v) is 7.95. The van der Waals surface area contributed by atoms with Gasteiger partial charge in [0.2, 0.25) is 0 Å². The fourth-order valence-electron chi connectivity index (χ4n) is 2.66. The summed E-state index contributed by atoms with van der Waals surface area (Å²) < 4.78 is 54.3. The number of unbranched alkanes of at least 4 members (excludes halogenated alkanes) is 4. The molecule has 0 aromatic heterocycles. The topological polar surface area (TPSA) is 158 Å². The van der Waals surface area contributed by atoms with Crippen LogP contribution in [0.2, 0.25) is 0 Å². The molecule has 0 aliphatic rings. The first-order valence-corrected chi connectivity index (χ1v) is 11.8. The highest BCUT2D eigenvalue weighted by Gasteiger charge is 2.08. The first-order chi connectivity index (χ1) is 18.3. The molecule has 0 heterocycles. The lowest BCUT2D eigenvalue weighted by Gasteiger charge is -2.04. The zero-order chi connectivity index (χ0) is 29.8. The number of esters is 1. The summed E-state index contributed by atoms with van der Waals surface area (Å²) in [7, 11) is 0. The van der Waals surface area contributed by atoms with Crippen molar-refractivity contribution in [3.05, 3.63) is 59.7 Å². The molecular formula is C26H30F4O9. The van der Waals surface area contributed by atoms with Crippen molar-refractivity contribution >= 4 is 23.9 Å². The standard InChI is InChI=1S/C13H14F2O4.C7H12O4.C6H4F2O/c14-10-7-6-9(8-11(10)15)19-13(18)5-3-1-2-4-12(16)17;8-6(9)4-2-1-3-5-7(10)11;7-5-2-1-4(9)3-6(5)8/h6-8H,1-5H2,(H,16,17);1-5H2,(H,8,9)(H,10,11);1-3,9H. The van der Waals surface area contributed by atoms with Crippen LogP contribution in [0.15, 0.2) is 36.4 Å². The maximum absolute atomic E-state index is 12.8. The minimum atomic E-state index is -1.08. The number of carboxylic acid groups (broad SMARTS) is 3. The number of aliphatic carboxylic acids is 3. The van der Waals surface area contributed by atoms with E-state index in [1.807, 2.05) is 0 Å². The maximum atomic E-state index is 12.8. The number of rotatable bonds is 13. The lowest BCUT2D eigenvalue weighted by molar-refractivity contribution is -0.138. The highest BCUT2D eigenvalue weighted by molar-refractivity contribution is 5.72. The van der Waals surface area contributed by atoms with Crippen molar-refractivity contribution < 1.29 is 61.9 Å². The molecule has 9 nitrogen and oxygen atoms in total. The maximum Gasteiger partial charge on any atom is 0.311 e. The predicted molar refractivity (Wildman–Crippen MR) is 129 cm³/mol. The number of aromatic hydroxyl groups is 1. The van der Waals surface area contributed by atoms with E-state index in [1.54, 1.807) is 0 Å². The van der Waals surface area contributed by atoms with Crippen molar-refractivity contribution in [1.29, 1.82) is 0 Å². The molecule has 0 radical (unpaired) electrons. The third-order valence-electron chi connectivity index (χ3n) is 4.58. The summed E-state index contributed by atoms with van der Waals surface area (Å²) >= 11 is 0. The summed E-state index contributed by atoms with van der Waals surface area (Å²) in [4.78, 5) is 41.6. The van der Waals surface area contributed by atoms with Crippen LogP contribution in [0.25, 0.3) is 0 Å². The van der Waals surface area contributed by atoms with Crippen LogP contribution in [0.4, 0.5) is 17.6 Å². The second-order valence-electron chi connectivity index (χ2n) is 7.95. The Kier molecular flexibility index (Phi) is 17.8. The van der Waals surface area contributed by atoms with Crippen LogP contribution >= 0.6 is 0 Å². The van der Waals surface area contributed by atoms with Gasteiger partial charge in [-0.2, -0.15) is 0 Å². The third-order valence-corrected chi connectivity index (χ3v) is 4.58. The summed E-state index contributed by atoms with van der Waals surface area (Å²) in [5, 5.41) is 33.3. The molecule has 13 heteroatoms. The Morgan fingerprint density at radius 1 is 0.564 bits per heavy atom. The van der Waals surface area contributed by atoms with Crippen molar-refractivity contribution in [1.82, 2.24) is 0 Å². The van der Waals surface area contributed by atoms with Gasteiger partial charge in [0.1, 0.15) is 11.5 Å². The molecule has 0 aliphatic carbocycles. The minimum Gasteiger partial charge on any atom is -0.508 e. The SMILES string of the molecule is O=C(O)CCCCCC(=O)O.O=C(O)CCCCCC(=O)Oc1ccc(F)c(F)c1.Oc1ccc(F)c(F)c1. The number of hydrogen-bond donors (Lipinski definition) is 4. The Hall–Kier alpha value is -4.16. The lowest BCUT2D eigenvalue weighted by atomic mass is 10.1. The van der Waals surface area contributed by atoms with E-state index in [4.69, 9.17) is 25.2 Å². The molecule has 0 spiro atoms. The van der Waals surface area contributed by atoms with Gasteiger partial charge in [-0.1, -0.05) is 12.8 Å². The number of hydrogen-bond acceptors (Lipinski definition) is 6. The van der Waals surface area contributed by atoms with Crippen LogP contribution in [0, 0.1) is 23.3 Å². The van der Waals surface area contributed by atoms with Gasteiger partial charge < -0.3 is 25.2 Å². The normalized spacial score (nSPS) is 9.85. The second kappa shape index (κ2) is 19.9. The number of carbonyl (C=O) groups excluding carboxylic acids is 1. The number of carboxylic acids is 3. The van der Waals surface area contributed by atoms with E-state index in [9.17, 15) is 36.7 Å². The van der Waals surface area contributed by atoms with Gasteiger partial charge in [-0.15, -0.1) is 0 Å². The van der Waals surface area contributed by atoms with E-state index in [-0.39, 0.29) is 37.2 Å². The first kappa shape index (κ1) is 34.8. The number of phenolic OH excluding ortho intramolecular Hbond substituents is 1. The molecule has 216 valence electrons. The zero-order valence-corrected chi connectivity index (χ0v) is 20.9. The van der Waals surface area contributed by atoms with Crippen molar-refractivity contribution in [3.8, 4) is 11.5 Å². The average Bonchev–Trinajstić information content (AvgIpc) is 2.84. The van der Waals surface area contributed by atoms with E-state index in [0.717, 1.165) is 30.3 Å². The van der Waals surface area contributed by atoms with E-state index in [0.29, 0.717) is 38.5 Å². The summed E-state index contributed by atoms with van der Waals surface area (Å²) in [5.74, 6) is -7.45. The van der Waals surface area contributed by atoms with Gasteiger partial charge in [-0.3, -0.25) is 19.2 Å². The molecule has 39 heavy (non-hydrogen) atoms. The van der Waals surface area contributed by atoms with Crippen LogP contribution in [-0.4, -0.2) is 44.3 Å². The fraction of sp³-hybridized carbons (Fsp3) is 0.385. The Labute approximate surface area is 221 Å². The van der Waals surface area contributed by atoms with Gasteiger partial charge in [0.15, 0.2) is 23.3 Å². The van der Waals surface area contributed by atoms with E-state index in [1.165, 1.54) is 6.07 Å². The van der Waals surface area contributed by atoms with Crippen molar-refractivity contribution in [2.75, 3.05) is 0 Å². The first-order valence-electron chi connectivity index (χ1n) is 11.8. The van der Waals surface area contributed by atoms with Crippen molar-refractivity contribution in [2.24, 2.45) is 0 Å². The molecule has 0 saturated heterocycles. The van der Waals surface area contributed by atoms with Crippen LogP contribution in [0.1, 0.15) is 64.2 Å². The highest BCUT2D eigenvalue weighted by Crippen LogP contribution is 2.16. The Morgan fingerprint density at radius 3 is 1.36 bits per heavy atom. The Bertz CT molecular complexity index is 1060. The van der Waals surface area contributed by atoms with Crippen LogP contribution in [0.3, 0.4) is 0 Å². The number of ether oxygens (including phenoxy) is 1. The van der Waals surface area contributed by atoms with Crippen LogP contribution < -0.4 is 4.74 Å². The molecule has 0 saturated carbocycles. The number of phenols is 1. The summed E-state index contributed by atoms with van der Waals surface area (Å²) in [5.41, 5.74) is 0. The zero-order valence-electron chi connectivity index (χ0n) is 20.9. The molecular weight excluding hydrogens is 532 g/mol. The molecule has 2 aromatic carbocycles. The number of carbonyl (C=O) groups is 4. The predicted octanol–water partition coefficient (Wildman–Crippen LogP) is 5.68. The molecule has 0 unspecified atom stereocenters. The fourth-order valence-corrected chi connectivity index (χ4v) is 2.66. The minimum absolute atomic E-state index is 0.0468. The van der Waals surface area contributed by atoms with Gasteiger partial charge >= 0.3 is 23.9 Å². The highest BCUT2D eigenvalue weighted by atomic mass is 19.2. The largest absolute Gasteiger partial charge is 0.508 e. The molecule has 2 rings (SSSR count). The average molecular weight is 563 g/mol. The number of halogens is 4. The van der Waals surface area contributed by atoms with Gasteiger partial charge in [-0.05, 0) is 49.9 Å².